The summed E-state index contributed by atoms with van der Waals surface area (Å²) >= 11 is 6.26. The minimum atomic E-state index is -0.490. The van der Waals surface area contributed by atoms with Crippen LogP contribution in [0.5, 0.6) is 0 Å². The highest BCUT2D eigenvalue weighted by molar-refractivity contribution is 6.33. The first-order valence-corrected chi connectivity index (χ1v) is 10.8. The number of hydrogen-bond donors (Lipinski definition) is 0. The largest absolute Gasteiger partial charge is 0.332 e. The van der Waals surface area contributed by atoms with Gasteiger partial charge in [0.1, 0.15) is 5.82 Å². The maximum Gasteiger partial charge on any atom is 0.266 e. The molecule has 1 atom stereocenters. The Kier molecular flexibility index (Phi) is 5.85. The molecule has 5 nitrogen and oxygen atoms in total. The van der Waals surface area contributed by atoms with Crippen molar-refractivity contribution in [1.82, 2.24) is 14.5 Å². The van der Waals surface area contributed by atoms with E-state index in [9.17, 15) is 9.59 Å². The smallest absolute Gasteiger partial charge is 0.266 e. The number of aryl methyl sites for hydroxylation is 2. The van der Waals surface area contributed by atoms with Gasteiger partial charge in [-0.05, 0) is 62.2 Å². The first kappa shape index (κ1) is 21.8. The normalized spacial score (nSPS) is 12.0. The Morgan fingerprint density at radius 2 is 1.72 bits per heavy atom. The van der Waals surface area contributed by atoms with Crippen molar-refractivity contribution in [1.29, 1.82) is 0 Å². The lowest BCUT2D eigenvalue weighted by atomic mass is 10.1. The van der Waals surface area contributed by atoms with Crippen LogP contribution >= 0.6 is 11.6 Å². The number of rotatable bonds is 4. The number of amides is 1. The van der Waals surface area contributed by atoms with Crippen LogP contribution in [0, 0.1) is 13.8 Å². The summed E-state index contributed by atoms with van der Waals surface area (Å²) in [6.07, 6.45) is 0. The van der Waals surface area contributed by atoms with Crippen molar-refractivity contribution < 1.29 is 4.79 Å². The maximum atomic E-state index is 13.6. The van der Waals surface area contributed by atoms with E-state index in [0.717, 1.165) is 16.8 Å². The van der Waals surface area contributed by atoms with Crippen LogP contribution in [-0.2, 0) is 0 Å². The van der Waals surface area contributed by atoms with E-state index in [2.05, 4.69) is 0 Å². The number of fused-ring (bicyclic) bond motifs is 1. The first-order chi connectivity index (χ1) is 15.3. The van der Waals surface area contributed by atoms with Gasteiger partial charge in [0.25, 0.3) is 11.5 Å². The highest BCUT2D eigenvalue weighted by atomic mass is 35.5. The highest BCUT2D eigenvalue weighted by Gasteiger charge is 2.26. The molecule has 1 heterocycles. The van der Waals surface area contributed by atoms with Gasteiger partial charge in [0.2, 0.25) is 0 Å². The zero-order chi connectivity index (χ0) is 23.0. The predicted octanol–water partition coefficient (Wildman–Crippen LogP) is 5.49. The Balaban J connectivity index is 1.93. The minimum Gasteiger partial charge on any atom is -0.332 e. The molecule has 32 heavy (non-hydrogen) atoms. The van der Waals surface area contributed by atoms with Crippen molar-refractivity contribution >= 4 is 28.4 Å². The molecule has 0 fully saturated rings. The Labute approximate surface area is 191 Å². The molecule has 3 aromatic carbocycles. The molecule has 0 aliphatic rings. The van der Waals surface area contributed by atoms with Crippen molar-refractivity contribution in [3.8, 4) is 5.69 Å². The topological polar surface area (TPSA) is 55.2 Å². The SMILES string of the molecule is Cc1ccc(C)c(-n2c(C(C)N(C)C(=O)c3ccccc3Cl)nc3ccccc3c2=O)c1. The van der Waals surface area contributed by atoms with Gasteiger partial charge in [-0.1, -0.05) is 48.0 Å². The molecule has 1 amide bonds. The van der Waals surface area contributed by atoms with Gasteiger partial charge in [-0.15, -0.1) is 0 Å². The fourth-order valence-corrected chi connectivity index (χ4v) is 4.01. The maximum absolute atomic E-state index is 13.6. The summed E-state index contributed by atoms with van der Waals surface area (Å²) in [5, 5.41) is 0.916. The zero-order valence-electron chi connectivity index (χ0n) is 18.5. The summed E-state index contributed by atoms with van der Waals surface area (Å²) in [5.74, 6) is 0.253. The molecule has 6 heteroatoms. The molecular weight excluding hydrogens is 422 g/mol. The molecule has 0 aliphatic carbocycles. The summed E-state index contributed by atoms with van der Waals surface area (Å²) in [4.78, 5) is 33.3. The van der Waals surface area contributed by atoms with Gasteiger partial charge in [-0.25, -0.2) is 4.98 Å². The number of carbonyl (C=O) groups excluding carboxylic acids is 1. The number of benzene rings is 3. The molecular formula is C26H24ClN3O2. The third-order valence-corrected chi connectivity index (χ3v) is 6.12. The van der Waals surface area contributed by atoms with Crippen LogP contribution in [0.25, 0.3) is 16.6 Å². The number of nitrogens with zero attached hydrogens (tertiary/aromatic N) is 3. The van der Waals surface area contributed by atoms with E-state index in [1.54, 1.807) is 46.8 Å². The van der Waals surface area contributed by atoms with Gasteiger partial charge in [-0.2, -0.15) is 0 Å². The van der Waals surface area contributed by atoms with Gasteiger partial charge in [0, 0.05) is 7.05 Å². The van der Waals surface area contributed by atoms with Crippen LogP contribution in [0.1, 0.15) is 40.3 Å². The van der Waals surface area contributed by atoms with Crippen LogP contribution in [0.3, 0.4) is 0 Å². The molecule has 0 saturated heterocycles. The monoisotopic (exact) mass is 445 g/mol. The standard InChI is InChI=1S/C26H24ClN3O2/c1-16-13-14-17(2)23(15-16)30-24(28-22-12-8-6-10-20(22)26(30)32)18(3)29(4)25(31)19-9-5-7-11-21(19)27/h5-15,18H,1-4H3. The van der Waals surface area contributed by atoms with E-state index in [1.165, 1.54) is 0 Å². The third-order valence-electron chi connectivity index (χ3n) is 5.79. The Morgan fingerprint density at radius 3 is 2.47 bits per heavy atom. The molecule has 0 spiro atoms. The second kappa shape index (κ2) is 8.60. The van der Waals surface area contributed by atoms with Gasteiger partial charge in [0.05, 0.1) is 33.2 Å². The van der Waals surface area contributed by atoms with Crippen LogP contribution in [0.4, 0.5) is 0 Å². The Hall–Kier alpha value is -3.44. The van der Waals surface area contributed by atoms with Crippen molar-refractivity contribution in [2.45, 2.75) is 26.8 Å². The summed E-state index contributed by atoms with van der Waals surface area (Å²) in [7, 11) is 1.70. The van der Waals surface area contributed by atoms with Gasteiger partial charge < -0.3 is 4.90 Å². The van der Waals surface area contributed by atoms with E-state index in [4.69, 9.17) is 16.6 Å². The molecule has 0 bridgehead atoms. The number of carbonyl (C=O) groups is 1. The van der Waals surface area contributed by atoms with Crippen molar-refractivity contribution in [2.75, 3.05) is 7.05 Å². The van der Waals surface area contributed by atoms with Crippen LogP contribution in [0.2, 0.25) is 5.02 Å². The summed E-state index contributed by atoms with van der Waals surface area (Å²) in [6.45, 7) is 5.81. The van der Waals surface area contributed by atoms with E-state index in [1.807, 2.05) is 57.2 Å². The highest BCUT2D eigenvalue weighted by Crippen LogP contribution is 2.26. The molecule has 0 radical (unpaired) electrons. The lowest BCUT2D eigenvalue weighted by molar-refractivity contribution is 0.0735. The molecule has 1 unspecified atom stereocenters. The molecule has 0 aliphatic heterocycles. The predicted molar refractivity (Wildman–Crippen MR) is 129 cm³/mol. The van der Waals surface area contributed by atoms with Gasteiger partial charge in [-0.3, -0.25) is 14.2 Å². The number of aromatic nitrogens is 2. The minimum absolute atomic E-state index is 0.162. The third kappa shape index (κ3) is 3.80. The van der Waals surface area contributed by atoms with E-state index in [0.29, 0.717) is 27.3 Å². The quantitative estimate of drug-likeness (QED) is 0.417. The fourth-order valence-electron chi connectivity index (χ4n) is 3.80. The van der Waals surface area contributed by atoms with Crippen LogP contribution < -0.4 is 5.56 Å². The Bertz CT molecular complexity index is 1390. The van der Waals surface area contributed by atoms with E-state index in [-0.39, 0.29) is 11.5 Å². The lowest BCUT2D eigenvalue weighted by Gasteiger charge is -2.28. The van der Waals surface area contributed by atoms with Crippen LogP contribution in [-0.4, -0.2) is 27.4 Å². The second-order valence-electron chi connectivity index (χ2n) is 7.99. The zero-order valence-corrected chi connectivity index (χ0v) is 19.2. The molecule has 4 aromatic rings. The number of hydrogen-bond acceptors (Lipinski definition) is 3. The molecule has 4 rings (SSSR count). The molecule has 0 saturated carbocycles. The first-order valence-electron chi connectivity index (χ1n) is 10.4. The summed E-state index contributed by atoms with van der Waals surface area (Å²) in [5.41, 5.74) is 3.58. The average Bonchev–Trinajstić information content (AvgIpc) is 2.79. The lowest BCUT2D eigenvalue weighted by Crippen LogP contribution is -2.35. The number of halogens is 1. The van der Waals surface area contributed by atoms with Crippen molar-refractivity contribution in [3.63, 3.8) is 0 Å². The van der Waals surface area contributed by atoms with Crippen LogP contribution in [0.15, 0.2) is 71.5 Å². The summed E-state index contributed by atoms with van der Waals surface area (Å²) < 4.78 is 1.63. The van der Waals surface area contributed by atoms with Gasteiger partial charge >= 0.3 is 0 Å². The van der Waals surface area contributed by atoms with E-state index < -0.39 is 6.04 Å². The molecule has 0 N–H and O–H groups in total. The van der Waals surface area contributed by atoms with Crippen molar-refractivity contribution in [3.05, 3.63) is 105 Å². The molecule has 1 aromatic heterocycles. The van der Waals surface area contributed by atoms with Crippen molar-refractivity contribution in [2.24, 2.45) is 0 Å². The van der Waals surface area contributed by atoms with E-state index >= 15 is 0 Å². The number of para-hydroxylation sites is 1. The fraction of sp³-hybridized carbons (Fsp3) is 0.192. The average molecular weight is 446 g/mol. The summed E-state index contributed by atoms with van der Waals surface area (Å²) in [6, 6.07) is 19.7. The second-order valence-corrected chi connectivity index (χ2v) is 8.40. The Morgan fingerprint density at radius 1 is 1.03 bits per heavy atom. The molecule has 162 valence electrons. The van der Waals surface area contributed by atoms with Gasteiger partial charge in [0.15, 0.2) is 0 Å².